The van der Waals surface area contributed by atoms with Crippen molar-refractivity contribution in [2.45, 2.75) is 31.8 Å². The van der Waals surface area contributed by atoms with E-state index in [4.69, 9.17) is 0 Å². The van der Waals surface area contributed by atoms with Crippen molar-refractivity contribution in [3.63, 3.8) is 0 Å². The van der Waals surface area contributed by atoms with E-state index in [9.17, 15) is 15.0 Å². The first-order valence-corrected chi connectivity index (χ1v) is 5.77. The molecule has 0 radical (unpaired) electrons. The highest BCUT2D eigenvalue weighted by Crippen LogP contribution is 2.32. The highest BCUT2D eigenvalue weighted by Gasteiger charge is 2.33. The molecule has 0 spiro atoms. The van der Waals surface area contributed by atoms with Gasteiger partial charge in [0.05, 0.1) is 12.5 Å². The summed E-state index contributed by atoms with van der Waals surface area (Å²) in [6.07, 6.45) is 3.12. The normalized spacial score (nSPS) is 36.5. The molecule has 1 aliphatic heterocycles. The minimum Gasteiger partial charge on any atom is -0.396 e. The van der Waals surface area contributed by atoms with Crippen LogP contribution in [0.15, 0.2) is 0 Å². The summed E-state index contributed by atoms with van der Waals surface area (Å²) in [4.78, 5) is 13.2. The van der Waals surface area contributed by atoms with E-state index in [2.05, 4.69) is 0 Å². The summed E-state index contributed by atoms with van der Waals surface area (Å²) in [7, 11) is 0. The molecule has 0 aromatic heterocycles. The van der Waals surface area contributed by atoms with Crippen LogP contribution in [-0.2, 0) is 4.79 Å². The highest BCUT2D eigenvalue weighted by atomic mass is 16.3. The second-order valence-corrected chi connectivity index (χ2v) is 4.79. The molecule has 0 aromatic rings. The van der Waals surface area contributed by atoms with Crippen LogP contribution in [0.1, 0.15) is 25.7 Å². The van der Waals surface area contributed by atoms with Crippen LogP contribution in [0.2, 0.25) is 0 Å². The van der Waals surface area contributed by atoms with E-state index in [-0.39, 0.29) is 18.9 Å². The Labute approximate surface area is 89.9 Å². The lowest BCUT2D eigenvalue weighted by molar-refractivity contribution is -0.128. The second-order valence-electron chi connectivity index (χ2n) is 4.79. The Kier molecular flexibility index (Phi) is 3.26. The fourth-order valence-corrected chi connectivity index (χ4v) is 2.81. The second kappa shape index (κ2) is 4.49. The van der Waals surface area contributed by atoms with E-state index in [1.807, 2.05) is 0 Å². The number of aliphatic hydroxyl groups is 2. The Morgan fingerprint density at radius 3 is 2.67 bits per heavy atom. The van der Waals surface area contributed by atoms with Crippen LogP contribution in [0, 0.1) is 11.8 Å². The molecule has 4 nitrogen and oxygen atoms in total. The van der Waals surface area contributed by atoms with Crippen LogP contribution < -0.4 is 0 Å². The van der Waals surface area contributed by atoms with Crippen LogP contribution in [0.25, 0.3) is 0 Å². The van der Waals surface area contributed by atoms with Gasteiger partial charge in [0.2, 0.25) is 5.91 Å². The van der Waals surface area contributed by atoms with Gasteiger partial charge in [-0.05, 0) is 24.7 Å². The molecule has 1 amide bonds. The third-order valence-corrected chi connectivity index (χ3v) is 3.70. The summed E-state index contributed by atoms with van der Waals surface area (Å²) in [5, 5.41) is 18.5. The molecule has 1 saturated carbocycles. The van der Waals surface area contributed by atoms with Gasteiger partial charge in [-0.1, -0.05) is 6.42 Å². The van der Waals surface area contributed by atoms with Gasteiger partial charge in [0.25, 0.3) is 0 Å². The van der Waals surface area contributed by atoms with Gasteiger partial charge in [-0.15, -0.1) is 0 Å². The van der Waals surface area contributed by atoms with Gasteiger partial charge in [-0.2, -0.15) is 0 Å². The van der Waals surface area contributed by atoms with Gasteiger partial charge in [-0.25, -0.2) is 0 Å². The lowest BCUT2D eigenvalue weighted by Crippen LogP contribution is -2.33. The van der Waals surface area contributed by atoms with Crippen LogP contribution in [-0.4, -0.2) is 46.8 Å². The monoisotopic (exact) mass is 213 g/mol. The molecule has 2 aliphatic rings. The predicted molar refractivity (Wildman–Crippen MR) is 55.1 cm³/mol. The van der Waals surface area contributed by atoms with E-state index in [0.717, 1.165) is 25.8 Å². The topological polar surface area (TPSA) is 60.8 Å². The van der Waals surface area contributed by atoms with E-state index >= 15 is 0 Å². The smallest absolute Gasteiger partial charge is 0.225 e. The SMILES string of the molecule is O=C1CC(O)CN1CC1CCCC1CO. The molecule has 3 unspecified atom stereocenters. The molecule has 1 aliphatic carbocycles. The summed E-state index contributed by atoms with van der Waals surface area (Å²) in [5.74, 6) is 0.853. The summed E-state index contributed by atoms with van der Waals surface area (Å²) in [5.41, 5.74) is 0. The molecule has 1 heterocycles. The first kappa shape index (κ1) is 10.9. The number of hydrogen-bond acceptors (Lipinski definition) is 3. The van der Waals surface area contributed by atoms with Crippen molar-refractivity contribution in [2.75, 3.05) is 19.7 Å². The van der Waals surface area contributed by atoms with Gasteiger partial charge >= 0.3 is 0 Å². The zero-order chi connectivity index (χ0) is 10.8. The Morgan fingerprint density at radius 2 is 2.07 bits per heavy atom. The maximum absolute atomic E-state index is 11.5. The van der Waals surface area contributed by atoms with E-state index in [1.165, 1.54) is 0 Å². The van der Waals surface area contributed by atoms with Crippen molar-refractivity contribution in [3.05, 3.63) is 0 Å². The van der Waals surface area contributed by atoms with Crippen LogP contribution in [0.3, 0.4) is 0 Å². The number of carbonyl (C=O) groups excluding carboxylic acids is 1. The van der Waals surface area contributed by atoms with Crippen LogP contribution >= 0.6 is 0 Å². The Morgan fingerprint density at radius 1 is 1.33 bits per heavy atom. The third-order valence-electron chi connectivity index (χ3n) is 3.70. The molecular formula is C11H19NO3. The molecule has 2 rings (SSSR count). The Hall–Kier alpha value is -0.610. The van der Waals surface area contributed by atoms with Crippen molar-refractivity contribution in [1.82, 2.24) is 4.90 Å². The number of hydrogen-bond donors (Lipinski definition) is 2. The summed E-state index contributed by atoms with van der Waals surface area (Å²) >= 11 is 0. The van der Waals surface area contributed by atoms with Crippen LogP contribution in [0.4, 0.5) is 0 Å². The maximum atomic E-state index is 11.5. The average Bonchev–Trinajstić information content (AvgIpc) is 2.74. The van der Waals surface area contributed by atoms with Gasteiger partial charge in [0.1, 0.15) is 0 Å². The van der Waals surface area contributed by atoms with E-state index in [0.29, 0.717) is 18.4 Å². The quantitative estimate of drug-likeness (QED) is 0.693. The molecule has 86 valence electrons. The minimum atomic E-state index is -0.480. The van der Waals surface area contributed by atoms with Crippen molar-refractivity contribution in [1.29, 1.82) is 0 Å². The predicted octanol–water partition coefficient (Wildman–Crippen LogP) is -0.0118. The zero-order valence-electron chi connectivity index (χ0n) is 8.93. The Bertz CT molecular complexity index is 244. The molecule has 2 fully saturated rings. The molecule has 2 N–H and O–H groups in total. The molecule has 4 heteroatoms. The maximum Gasteiger partial charge on any atom is 0.225 e. The molecule has 0 bridgehead atoms. The number of nitrogens with zero attached hydrogens (tertiary/aromatic N) is 1. The van der Waals surface area contributed by atoms with Crippen molar-refractivity contribution in [2.24, 2.45) is 11.8 Å². The number of carbonyl (C=O) groups is 1. The van der Waals surface area contributed by atoms with Gasteiger partial charge < -0.3 is 15.1 Å². The number of aliphatic hydroxyl groups excluding tert-OH is 2. The van der Waals surface area contributed by atoms with Crippen molar-refractivity contribution < 1.29 is 15.0 Å². The molecule has 0 aromatic carbocycles. The molecule has 3 atom stereocenters. The molecular weight excluding hydrogens is 194 g/mol. The minimum absolute atomic E-state index is 0.0612. The largest absolute Gasteiger partial charge is 0.396 e. The number of rotatable bonds is 3. The Balaban J connectivity index is 1.88. The number of likely N-dealkylation sites (tertiary alicyclic amines) is 1. The van der Waals surface area contributed by atoms with Gasteiger partial charge in [0.15, 0.2) is 0 Å². The van der Waals surface area contributed by atoms with E-state index in [1.54, 1.807) is 4.90 Å². The number of amides is 1. The first-order valence-electron chi connectivity index (χ1n) is 5.77. The van der Waals surface area contributed by atoms with E-state index < -0.39 is 6.10 Å². The highest BCUT2D eigenvalue weighted by molar-refractivity contribution is 5.79. The van der Waals surface area contributed by atoms with Crippen LogP contribution in [0.5, 0.6) is 0 Å². The first-order chi connectivity index (χ1) is 7.20. The van der Waals surface area contributed by atoms with Crippen molar-refractivity contribution in [3.8, 4) is 0 Å². The number of β-amino-alcohol motifs (C(OH)–C–C–N with tert-alkyl or cyclic N) is 1. The molecule has 15 heavy (non-hydrogen) atoms. The fraction of sp³-hybridized carbons (Fsp3) is 0.909. The summed E-state index contributed by atoms with van der Waals surface area (Å²) in [6.45, 7) is 1.43. The van der Waals surface area contributed by atoms with Crippen molar-refractivity contribution >= 4 is 5.91 Å². The van der Waals surface area contributed by atoms with Gasteiger partial charge in [-0.3, -0.25) is 4.79 Å². The summed E-state index contributed by atoms with van der Waals surface area (Å²) < 4.78 is 0. The standard InChI is InChI=1S/C11H19NO3/c13-7-9-3-1-2-8(9)5-12-6-10(14)4-11(12)15/h8-10,13-14H,1-7H2. The van der Waals surface area contributed by atoms with Gasteiger partial charge in [0, 0.05) is 19.7 Å². The lowest BCUT2D eigenvalue weighted by Gasteiger charge is -2.24. The third kappa shape index (κ3) is 2.32. The fourth-order valence-electron chi connectivity index (χ4n) is 2.81. The lowest BCUT2D eigenvalue weighted by atomic mass is 9.96. The molecule has 1 saturated heterocycles. The zero-order valence-corrected chi connectivity index (χ0v) is 8.93. The average molecular weight is 213 g/mol. The summed E-state index contributed by atoms with van der Waals surface area (Å²) in [6, 6.07) is 0.